The second-order valence-electron chi connectivity index (χ2n) is 7.24. The van der Waals surface area contributed by atoms with Gasteiger partial charge in [-0.25, -0.2) is 13.1 Å². The van der Waals surface area contributed by atoms with E-state index in [9.17, 15) is 13.2 Å². The Bertz CT molecular complexity index is 1000. The summed E-state index contributed by atoms with van der Waals surface area (Å²) in [4.78, 5) is 16.7. The molecule has 1 amide bonds. The van der Waals surface area contributed by atoms with E-state index in [-0.39, 0.29) is 11.9 Å². The Morgan fingerprint density at radius 2 is 2.00 bits per heavy atom. The van der Waals surface area contributed by atoms with Crippen molar-refractivity contribution >= 4 is 27.3 Å². The molecule has 4 rings (SSSR count). The summed E-state index contributed by atoms with van der Waals surface area (Å²) in [5.41, 5.74) is 1.06. The van der Waals surface area contributed by atoms with Crippen molar-refractivity contribution in [2.24, 2.45) is 0 Å². The summed E-state index contributed by atoms with van der Waals surface area (Å²) in [7, 11) is -3.20. The molecule has 1 fully saturated rings. The smallest absolute Gasteiger partial charge is 0.264 e. The first-order chi connectivity index (χ1) is 13.9. The fraction of sp³-hybridized carbons (Fsp3) is 0.450. The molecule has 0 aliphatic carbocycles. The number of nitrogens with zero attached hydrogens (tertiary/aromatic N) is 1. The minimum atomic E-state index is -3.20. The van der Waals surface area contributed by atoms with Crippen molar-refractivity contribution < 1.29 is 22.7 Å². The number of sulfonamides is 1. The van der Waals surface area contributed by atoms with Crippen molar-refractivity contribution in [2.75, 3.05) is 32.6 Å². The van der Waals surface area contributed by atoms with E-state index >= 15 is 0 Å². The van der Waals surface area contributed by atoms with E-state index in [1.54, 1.807) is 0 Å². The highest BCUT2D eigenvalue weighted by molar-refractivity contribution is 7.88. The average molecular weight is 437 g/mol. The lowest BCUT2D eigenvalue weighted by Gasteiger charge is -2.26. The number of rotatable bonds is 6. The van der Waals surface area contributed by atoms with E-state index in [0.29, 0.717) is 31.1 Å². The van der Waals surface area contributed by atoms with Crippen LogP contribution < -0.4 is 14.2 Å². The van der Waals surface area contributed by atoms with Crippen molar-refractivity contribution in [3.8, 4) is 11.5 Å². The second kappa shape index (κ2) is 8.33. The van der Waals surface area contributed by atoms with Gasteiger partial charge in [-0.2, -0.15) is 0 Å². The van der Waals surface area contributed by atoms with Crippen LogP contribution in [0.1, 0.15) is 39.0 Å². The Morgan fingerprint density at radius 3 is 2.79 bits per heavy atom. The molecular formula is C20H24N2O5S2. The summed E-state index contributed by atoms with van der Waals surface area (Å²) in [6.45, 7) is 2.15. The van der Waals surface area contributed by atoms with Crippen LogP contribution in [-0.2, 0) is 16.4 Å². The molecule has 0 spiro atoms. The maximum Gasteiger partial charge on any atom is 0.264 e. The van der Waals surface area contributed by atoms with E-state index in [2.05, 4.69) is 4.72 Å². The number of hydrogen-bond acceptors (Lipinski definition) is 6. The molecule has 2 aliphatic rings. The minimum absolute atomic E-state index is 0.0229. The fourth-order valence-corrected chi connectivity index (χ4v) is 5.19. The summed E-state index contributed by atoms with van der Waals surface area (Å²) in [6.07, 6.45) is 3.58. The molecule has 0 saturated carbocycles. The molecule has 0 radical (unpaired) electrons. The molecule has 2 aliphatic heterocycles. The van der Waals surface area contributed by atoms with E-state index in [4.69, 9.17) is 9.47 Å². The predicted octanol–water partition coefficient (Wildman–Crippen LogP) is 2.59. The van der Waals surface area contributed by atoms with Gasteiger partial charge in [0.1, 0.15) is 13.2 Å². The minimum Gasteiger partial charge on any atom is -0.486 e. The number of amides is 1. The zero-order chi connectivity index (χ0) is 20.4. The summed E-state index contributed by atoms with van der Waals surface area (Å²) >= 11 is 1.43. The summed E-state index contributed by atoms with van der Waals surface area (Å²) in [5, 5.41) is 0. The number of ether oxygens (including phenoxy) is 2. The molecule has 0 bridgehead atoms. The van der Waals surface area contributed by atoms with Gasteiger partial charge in [0.2, 0.25) is 10.0 Å². The standard InChI is InChI=1S/C20H24N2O5S2/c1-29(24,25)21-9-8-15-5-7-19(28-15)20(23)22-10-2-3-16(22)14-4-6-17-18(13-14)27-12-11-26-17/h4-7,13,16,21H,2-3,8-12H2,1H3. The second-order valence-corrected chi connectivity index (χ2v) is 10.2. The Hall–Kier alpha value is -2.10. The Labute approximate surface area is 174 Å². The number of carbonyl (C=O) groups is 1. The number of nitrogens with one attached hydrogen (secondary N) is 1. The quantitative estimate of drug-likeness (QED) is 0.752. The number of thiophene rings is 1. The summed E-state index contributed by atoms with van der Waals surface area (Å²) in [5.74, 6) is 1.51. The molecule has 1 unspecified atom stereocenters. The van der Waals surface area contributed by atoms with Crippen LogP contribution in [0.15, 0.2) is 30.3 Å². The van der Waals surface area contributed by atoms with Gasteiger partial charge in [-0.05, 0) is 49.1 Å². The largest absolute Gasteiger partial charge is 0.486 e. The Morgan fingerprint density at radius 1 is 1.21 bits per heavy atom. The van der Waals surface area contributed by atoms with Gasteiger partial charge < -0.3 is 14.4 Å². The Kier molecular flexibility index (Phi) is 5.80. The van der Waals surface area contributed by atoms with Crippen LogP contribution in [0.5, 0.6) is 11.5 Å². The van der Waals surface area contributed by atoms with E-state index < -0.39 is 10.0 Å². The number of hydrogen-bond donors (Lipinski definition) is 1. The van der Waals surface area contributed by atoms with Gasteiger partial charge in [0.05, 0.1) is 17.2 Å². The van der Waals surface area contributed by atoms with Crippen molar-refractivity contribution in [2.45, 2.75) is 25.3 Å². The number of carbonyl (C=O) groups excluding carboxylic acids is 1. The third-order valence-corrected chi connectivity index (χ3v) is 6.93. The van der Waals surface area contributed by atoms with Crippen LogP contribution in [0.2, 0.25) is 0 Å². The van der Waals surface area contributed by atoms with Crippen LogP contribution in [-0.4, -0.2) is 51.8 Å². The van der Waals surface area contributed by atoms with Crippen LogP contribution in [0.25, 0.3) is 0 Å². The van der Waals surface area contributed by atoms with E-state index in [0.717, 1.165) is 47.6 Å². The van der Waals surface area contributed by atoms with Gasteiger partial charge in [0.15, 0.2) is 11.5 Å². The first-order valence-corrected chi connectivity index (χ1v) is 12.4. The number of likely N-dealkylation sites (tertiary alicyclic amines) is 1. The third kappa shape index (κ3) is 4.73. The number of fused-ring (bicyclic) bond motifs is 1. The van der Waals surface area contributed by atoms with Crippen molar-refractivity contribution in [3.63, 3.8) is 0 Å². The molecule has 3 heterocycles. The highest BCUT2D eigenvalue weighted by Gasteiger charge is 2.32. The maximum absolute atomic E-state index is 13.1. The van der Waals surface area contributed by atoms with E-state index in [1.165, 1.54) is 11.3 Å². The maximum atomic E-state index is 13.1. The lowest BCUT2D eigenvalue weighted by atomic mass is 10.0. The highest BCUT2D eigenvalue weighted by Crippen LogP contribution is 2.39. The zero-order valence-corrected chi connectivity index (χ0v) is 17.9. The lowest BCUT2D eigenvalue weighted by Crippen LogP contribution is -2.30. The first-order valence-electron chi connectivity index (χ1n) is 9.64. The molecule has 9 heteroatoms. The molecule has 2 aromatic rings. The van der Waals surface area contributed by atoms with Crippen molar-refractivity contribution in [1.82, 2.24) is 9.62 Å². The van der Waals surface area contributed by atoms with Crippen LogP contribution in [0.3, 0.4) is 0 Å². The molecule has 29 heavy (non-hydrogen) atoms. The highest BCUT2D eigenvalue weighted by atomic mass is 32.2. The van der Waals surface area contributed by atoms with Crippen molar-refractivity contribution in [1.29, 1.82) is 0 Å². The monoisotopic (exact) mass is 436 g/mol. The molecule has 7 nitrogen and oxygen atoms in total. The molecule has 1 aromatic carbocycles. The van der Waals surface area contributed by atoms with Gasteiger partial charge in [-0.15, -0.1) is 11.3 Å². The van der Waals surface area contributed by atoms with Crippen LogP contribution in [0, 0.1) is 0 Å². The molecule has 1 aromatic heterocycles. The van der Waals surface area contributed by atoms with Crippen LogP contribution >= 0.6 is 11.3 Å². The first kappa shape index (κ1) is 20.2. The molecule has 1 atom stereocenters. The van der Waals surface area contributed by atoms with Gasteiger partial charge in [0.25, 0.3) is 5.91 Å². The van der Waals surface area contributed by atoms with E-state index in [1.807, 2.05) is 35.2 Å². The molecule has 1 saturated heterocycles. The molecular weight excluding hydrogens is 412 g/mol. The summed E-state index contributed by atoms with van der Waals surface area (Å²) in [6, 6.07) is 9.68. The lowest BCUT2D eigenvalue weighted by molar-refractivity contribution is 0.0740. The Balaban J connectivity index is 1.45. The average Bonchev–Trinajstić information content (AvgIpc) is 3.36. The molecule has 156 valence electrons. The SMILES string of the molecule is CS(=O)(=O)NCCc1ccc(C(=O)N2CCCC2c2ccc3c(c2)OCCO3)s1. The topological polar surface area (TPSA) is 84.9 Å². The van der Waals surface area contributed by atoms with Gasteiger partial charge in [0, 0.05) is 18.0 Å². The fourth-order valence-electron chi connectivity index (χ4n) is 3.75. The summed E-state index contributed by atoms with van der Waals surface area (Å²) < 4.78 is 36.1. The van der Waals surface area contributed by atoms with Crippen molar-refractivity contribution in [3.05, 3.63) is 45.6 Å². The van der Waals surface area contributed by atoms with Gasteiger partial charge in [-0.3, -0.25) is 4.79 Å². The number of benzene rings is 1. The molecule has 1 N–H and O–H groups in total. The third-order valence-electron chi connectivity index (χ3n) is 5.07. The zero-order valence-electron chi connectivity index (χ0n) is 16.2. The normalized spacial score (nSPS) is 18.8. The van der Waals surface area contributed by atoms with Gasteiger partial charge in [-0.1, -0.05) is 6.07 Å². The van der Waals surface area contributed by atoms with Crippen LogP contribution in [0.4, 0.5) is 0 Å². The van der Waals surface area contributed by atoms with Gasteiger partial charge >= 0.3 is 0 Å². The predicted molar refractivity (Wildman–Crippen MR) is 111 cm³/mol.